The third-order valence-electron chi connectivity index (χ3n) is 2.15. The summed E-state index contributed by atoms with van der Waals surface area (Å²) < 4.78 is 5.63. The number of halogens is 1. The van der Waals surface area contributed by atoms with Crippen LogP contribution in [0.15, 0.2) is 11.4 Å². The van der Waals surface area contributed by atoms with Gasteiger partial charge in [0.25, 0.3) is 0 Å². The first kappa shape index (κ1) is 8.54. The van der Waals surface area contributed by atoms with Crippen molar-refractivity contribution in [3.63, 3.8) is 0 Å². The van der Waals surface area contributed by atoms with Crippen LogP contribution >= 0.6 is 22.9 Å². The number of fused-ring (bicyclic) bond motifs is 1. The van der Waals surface area contributed by atoms with E-state index in [0.29, 0.717) is 5.88 Å². The topological polar surface area (TPSA) is 9.23 Å². The summed E-state index contributed by atoms with van der Waals surface area (Å²) in [4.78, 5) is 1.48. The lowest BCUT2D eigenvalue weighted by Crippen LogP contribution is -2.14. The number of hydrogen-bond donors (Lipinski definition) is 0. The molecule has 1 aliphatic heterocycles. The molecular formula is C9H11ClOS. The molecular weight excluding hydrogens is 192 g/mol. The van der Waals surface area contributed by atoms with Crippen molar-refractivity contribution in [2.24, 2.45) is 0 Å². The molecule has 0 N–H and O–H groups in total. The standard InChI is InChI=1S/C9H11ClOS/c10-4-1-8-7-3-6-12-9(7)2-5-11-8/h3,6,8H,1-2,4-5H2. The minimum atomic E-state index is 0.262. The first-order valence-corrected chi connectivity index (χ1v) is 5.57. The number of hydrogen-bond acceptors (Lipinski definition) is 2. The Morgan fingerprint density at radius 1 is 1.67 bits per heavy atom. The second kappa shape index (κ2) is 3.77. The van der Waals surface area contributed by atoms with E-state index < -0.39 is 0 Å². The average Bonchev–Trinajstić information content (AvgIpc) is 2.53. The quantitative estimate of drug-likeness (QED) is 0.670. The maximum Gasteiger partial charge on any atom is 0.0847 e. The molecule has 12 heavy (non-hydrogen) atoms. The smallest absolute Gasteiger partial charge is 0.0847 e. The third-order valence-corrected chi connectivity index (χ3v) is 3.36. The number of alkyl halides is 1. The highest BCUT2D eigenvalue weighted by molar-refractivity contribution is 7.10. The normalized spacial score (nSPS) is 22.2. The fraction of sp³-hybridized carbons (Fsp3) is 0.556. The molecule has 1 atom stereocenters. The van der Waals surface area contributed by atoms with Gasteiger partial charge in [-0.05, 0) is 23.4 Å². The zero-order valence-corrected chi connectivity index (χ0v) is 8.33. The van der Waals surface area contributed by atoms with Gasteiger partial charge >= 0.3 is 0 Å². The van der Waals surface area contributed by atoms with Gasteiger partial charge in [-0.3, -0.25) is 0 Å². The summed E-state index contributed by atoms with van der Waals surface area (Å²) in [7, 11) is 0. The zero-order chi connectivity index (χ0) is 8.39. The Balaban J connectivity index is 2.19. The molecule has 66 valence electrons. The van der Waals surface area contributed by atoms with Gasteiger partial charge in [0.1, 0.15) is 0 Å². The second-order valence-corrected chi connectivity index (χ2v) is 4.26. The third kappa shape index (κ3) is 1.51. The first-order valence-electron chi connectivity index (χ1n) is 4.15. The lowest BCUT2D eigenvalue weighted by molar-refractivity contribution is 0.0418. The van der Waals surface area contributed by atoms with Gasteiger partial charge in [0.15, 0.2) is 0 Å². The van der Waals surface area contributed by atoms with Crippen molar-refractivity contribution in [3.05, 3.63) is 21.9 Å². The lowest BCUT2D eigenvalue weighted by Gasteiger charge is -2.22. The molecule has 0 saturated heterocycles. The molecule has 0 bridgehead atoms. The molecule has 0 radical (unpaired) electrons. The molecule has 0 spiro atoms. The van der Waals surface area contributed by atoms with Crippen molar-refractivity contribution >= 4 is 22.9 Å². The summed E-state index contributed by atoms with van der Waals surface area (Å²) in [6, 6.07) is 2.16. The van der Waals surface area contributed by atoms with Crippen LogP contribution in [0.3, 0.4) is 0 Å². The van der Waals surface area contributed by atoms with Gasteiger partial charge in [0, 0.05) is 17.2 Å². The molecule has 1 aliphatic rings. The highest BCUT2D eigenvalue weighted by Gasteiger charge is 2.20. The van der Waals surface area contributed by atoms with Crippen LogP contribution < -0.4 is 0 Å². The highest BCUT2D eigenvalue weighted by Crippen LogP contribution is 2.32. The Labute approximate surface area is 81.3 Å². The molecule has 1 aromatic rings. The summed E-state index contributed by atoms with van der Waals surface area (Å²) in [6.07, 6.45) is 2.27. The van der Waals surface area contributed by atoms with E-state index in [1.54, 1.807) is 0 Å². The Bertz CT molecular complexity index is 259. The van der Waals surface area contributed by atoms with Gasteiger partial charge in [0.05, 0.1) is 12.7 Å². The maximum atomic E-state index is 5.69. The molecule has 0 aliphatic carbocycles. The fourth-order valence-corrected chi connectivity index (χ4v) is 2.68. The van der Waals surface area contributed by atoms with E-state index >= 15 is 0 Å². The summed E-state index contributed by atoms with van der Waals surface area (Å²) in [5.74, 6) is 0.681. The SMILES string of the molecule is ClCCC1OCCc2sccc21. The maximum absolute atomic E-state index is 5.69. The van der Waals surface area contributed by atoms with E-state index in [2.05, 4.69) is 11.4 Å². The Morgan fingerprint density at radius 2 is 2.58 bits per heavy atom. The Morgan fingerprint density at radius 3 is 3.42 bits per heavy atom. The van der Waals surface area contributed by atoms with Crippen molar-refractivity contribution in [2.45, 2.75) is 18.9 Å². The van der Waals surface area contributed by atoms with Crippen LogP contribution in [0.5, 0.6) is 0 Å². The van der Waals surface area contributed by atoms with Crippen molar-refractivity contribution < 1.29 is 4.74 Å². The van der Waals surface area contributed by atoms with Gasteiger partial charge in [-0.2, -0.15) is 0 Å². The Hall–Kier alpha value is -0.0500. The molecule has 1 aromatic heterocycles. The molecule has 2 heterocycles. The number of rotatable bonds is 2. The van der Waals surface area contributed by atoms with Gasteiger partial charge in [-0.1, -0.05) is 0 Å². The van der Waals surface area contributed by atoms with Crippen LogP contribution in [0, 0.1) is 0 Å². The molecule has 0 saturated carbocycles. The zero-order valence-electron chi connectivity index (χ0n) is 6.75. The van der Waals surface area contributed by atoms with E-state index in [4.69, 9.17) is 16.3 Å². The van der Waals surface area contributed by atoms with Crippen molar-refractivity contribution in [1.82, 2.24) is 0 Å². The second-order valence-electron chi connectivity index (χ2n) is 2.89. The van der Waals surface area contributed by atoms with Gasteiger partial charge < -0.3 is 4.74 Å². The van der Waals surface area contributed by atoms with Crippen LogP contribution in [0.4, 0.5) is 0 Å². The molecule has 0 amide bonds. The Kier molecular flexibility index (Phi) is 2.69. The predicted octanol–water partition coefficient (Wildman–Crippen LogP) is 2.99. The van der Waals surface area contributed by atoms with E-state index in [0.717, 1.165) is 19.4 Å². The van der Waals surface area contributed by atoms with E-state index in [9.17, 15) is 0 Å². The summed E-state index contributed by atoms with van der Waals surface area (Å²) in [6.45, 7) is 0.856. The van der Waals surface area contributed by atoms with E-state index in [1.165, 1.54) is 10.4 Å². The van der Waals surface area contributed by atoms with Gasteiger partial charge in [0.2, 0.25) is 0 Å². The number of ether oxygens (including phenoxy) is 1. The minimum absolute atomic E-state index is 0.262. The largest absolute Gasteiger partial charge is 0.373 e. The van der Waals surface area contributed by atoms with Crippen molar-refractivity contribution in [2.75, 3.05) is 12.5 Å². The number of thiophene rings is 1. The van der Waals surface area contributed by atoms with Crippen LogP contribution in [-0.4, -0.2) is 12.5 Å². The van der Waals surface area contributed by atoms with Gasteiger partial charge in [-0.25, -0.2) is 0 Å². The fourth-order valence-electron chi connectivity index (χ4n) is 1.56. The first-order chi connectivity index (χ1) is 5.92. The summed E-state index contributed by atoms with van der Waals surface area (Å²) in [5.41, 5.74) is 1.37. The molecule has 3 heteroatoms. The molecule has 2 rings (SSSR count). The average molecular weight is 203 g/mol. The van der Waals surface area contributed by atoms with E-state index in [-0.39, 0.29) is 6.10 Å². The lowest BCUT2D eigenvalue weighted by atomic mass is 10.0. The monoisotopic (exact) mass is 202 g/mol. The van der Waals surface area contributed by atoms with Crippen molar-refractivity contribution in [3.8, 4) is 0 Å². The molecule has 0 fully saturated rings. The minimum Gasteiger partial charge on any atom is -0.373 e. The molecule has 1 nitrogen and oxygen atoms in total. The highest BCUT2D eigenvalue weighted by atomic mass is 35.5. The summed E-state index contributed by atoms with van der Waals surface area (Å²) in [5, 5.41) is 2.14. The van der Waals surface area contributed by atoms with Crippen LogP contribution in [0.1, 0.15) is 23.0 Å². The van der Waals surface area contributed by atoms with Gasteiger partial charge in [-0.15, -0.1) is 22.9 Å². The van der Waals surface area contributed by atoms with E-state index in [1.807, 2.05) is 11.3 Å². The van der Waals surface area contributed by atoms with Crippen molar-refractivity contribution in [1.29, 1.82) is 0 Å². The van der Waals surface area contributed by atoms with Crippen LogP contribution in [0.25, 0.3) is 0 Å². The summed E-state index contributed by atoms with van der Waals surface area (Å²) >= 11 is 7.52. The predicted molar refractivity (Wildman–Crippen MR) is 52.1 cm³/mol. The molecule has 0 aromatic carbocycles. The van der Waals surface area contributed by atoms with Crippen LogP contribution in [-0.2, 0) is 11.2 Å². The molecule has 1 unspecified atom stereocenters. The van der Waals surface area contributed by atoms with Crippen LogP contribution in [0.2, 0.25) is 0 Å².